The zero-order chi connectivity index (χ0) is 17.5. The molecule has 0 aliphatic carbocycles. The van der Waals surface area contributed by atoms with Crippen molar-refractivity contribution in [3.8, 4) is 0 Å². The van der Waals surface area contributed by atoms with Crippen LogP contribution in [0.25, 0.3) is 0 Å². The van der Waals surface area contributed by atoms with E-state index in [1.165, 1.54) is 16.9 Å². The number of halogens is 3. The molecule has 1 aromatic heterocycles. The van der Waals surface area contributed by atoms with Crippen molar-refractivity contribution in [3.05, 3.63) is 46.6 Å². The maximum absolute atomic E-state index is 12.9. The van der Waals surface area contributed by atoms with Gasteiger partial charge in [0.05, 0.1) is 18.4 Å². The maximum atomic E-state index is 12.9. The molecule has 0 atom stereocenters. The molecule has 0 unspecified atom stereocenters. The second-order valence-corrected chi connectivity index (χ2v) is 5.56. The van der Waals surface area contributed by atoms with Gasteiger partial charge in [0.2, 0.25) is 0 Å². The minimum atomic E-state index is -4.37. The zero-order valence-electron chi connectivity index (χ0n) is 13.2. The Morgan fingerprint density at radius 2 is 2.00 bits per heavy atom. The quantitative estimate of drug-likeness (QED) is 0.806. The first-order chi connectivity index (χ1) is 11.3. The summed E-state index contributed by atoms with van der Waals surface area (Å²) in [5.41, 5.74) is 1.04. The van der Waals surface area contributed by atoms with Crippen LogP contribution in [-0.2, 0) is 31.1 Å². The molecule has 0 fully saturated rings. The van der Waals surface area contributed by atoms with Crippen molar-refractivity contribution in [1.29, 1.82) is 0 Å². The van der Waals surface area contributed by atoms with Crippen LogP contribution < -0.4 is 4.90 Å². The van der Waals surface area contributed by atoms with E-state index in [1.54, 1.807) is 14.0 Å². The minimum Gasteiger partial charge on any atom is -0.462 e. The molecule has 0 saturated carbocycles. The molecule has 1 aliphatic rings. The van der Waals surface area contributed by atoms with E-state index in [0.717, 1.165) is 17.7 Å². The molecular weight excluding hydrogens is 323 g/mol. The number of aromatic nitrogens is 2. The highest BCUT2D eigenvalue weighted by molar-refractivity contribution is 5.94. The number of anilines is 1. The number of benzene rings is 1. The number of aryl methyl sites for hydroxylation is 1. The van der Waals surface area contributed by atoms with Crippen molar-refractivity contribution in [3.63, 3.8) is 0 Å². The molecule has 2 aromatic rings. The third kappa shape index (κ3) is 2.83. The standard InChI is InChI=1S/C16H16F3N3O2/c1-3-24-15(23)13-7-20-21(2)14(13)22-8-10-4-5-12(16(17,18)19)6-11(10)9-22/h4-7H,3,8-9H2,1-2H3. The van der Waals surface area contributed by atoms with Gasteiger partial charge in [-0.1, -0.05) is 6.07 Å². The molecule has 3 rings (SSSR count). The molecule has 0 spiro atoms. The van der Waals surface area contributed by atoms with Crippen molar-refractivity contribution in [2.75, 3.05) is 11.5 Å². The van der Waals surface area contributed by atoms with Crippen molar-refractivity contribution in [2.45, 2.75) is 26.2 Å². The summed E-state index contributed by atoms with van der Waals surface area (Å²) in [6.45, 7) is 2.64. The fourth-order valence-electron chi connectivity index (χ4n) is 2.88. The fraction of sp³-hybridized carbons (Fsp3) is 0.375. The summed E-state index contributed by atoms with van der Waals surface area (Å²) in [6.07, 6.45) is -2.96. The molecule has 0 radical (unpaired) electrons. The number of fused-ring (bicyclic) bond motifs is 1. The largest absolute Gasteiger partial charge is 0.462 e. The normalized spacial score (nSPS) is 14.0. The highest BCUT2D eigenvalue weighted by Crippen LogP contribution is 2.35. The van der Waals surface area contributed by atoms with E-state index in [2.05, 4.69) is 5.10 Å². The van der Waals surface area contributed by atoms with Gasteiger partial charge < -0.3 is 9.64 Å². The molecule has 0 bridgehead atoms. The lowest BCUT2D eigenvalue weighted by molar-refractivity contribution is -0.137. The van der Waals surface area contributed by atoms with Crippen LogP contribution in [0.4, 0.5) is 19.0 Å². The number of carbonyl (C=O) groups is 1. The lowest BCUT2D eigenvalue weighted by Crippen LogP contribution is -2.21. The van der Waals surface area contributed by atoms with Crippen molar-refractivity contribution in [1.82, 2.24) is 9.78 Å². The minimum absolute atomic E-state index is 0.238. The Hall–Kier alpha value is -2.51. The highest BCUT2D eigenvalue weighted by Gasteiger charge is 2.33. The third-order valence-corrected chi connectivity index (χ3v) is 3.96. The number of nitrogens with zero attached hydrogens (tertiary/aromatic N) is 3. The van der Waals surface area contributed by atoms with Crippen LogP contribution in [-0.4, -0.2) is 22.4 Å². The Kier molecular flexibility index (Phi) is 3.98. The van der Waals surface area contributed by atoms with Crippen LogP contribution in [0.15, 0.2) is 24.4 Å². The summed E-state index contributed by atoms with van der Waals surface area (Å²) in [7, 11) is 1.68. The first-order valence-electron chi connectivity index (χ1n) is 7.44. The number of ether oxygens (including phenoxy) is 1. The monoisotopic (exact) mass is 339 g/mol. The molecular formula is C16H16F3N3O2. The Bertz CT molecular complexity index is 783. The van der Waals surface area contributed by atoms with Crippen LogP contribution in [0, 0.1) is 0 Å². The van der Waals surface area contributed by atoms with E-state index >= 15 is 0 Å². The summed E-state index contributed by atoms with van der Waals surface area (Å²) >= 11 is 0. The molecule has 1 aliphatic heterocycles. The summed E-state index contributed by atoms with van der Waals surface area (Å²) in [5, 5.41) is 4.08. The molecule has 1 aromatic carbocycles. The lowest BCUT2D eigenvalue weighted by atomic mass is 10.1. The van der Waals surface area contributed by atoms with Gasteiger partial charge in [0, 0.05) is 20.1 Å². The predicted octanol–water partition coefficient (Wildman–Crippen LogP) is 3.14. The Morgan fingerprint density at radius 1 is 1.29 bits per heavy atom. The van der Waals surface area contributed by atoms with Gasteiger partial charge in [0.15, 0.2) is 0 Å². The van der Waals surface area contributed by atoms with E-state index in [-0.39, 0.29) is 13.2 Å². The van der Waals surface area contributed by atoms with Crippen LogP contribution in [0.1, 0.15) is 34.0 Å². The van der Waals surface area contributed by atoms with E-state index < -0.39 is 17.7 Å². The molecule has 0 saturated heterocycles. The number of carbonyl (C=O) groups excluding carboxylic acids is 1. The van der Waals surface area contributed by atoms with Gasteiger partial charge in [0.25, 0.3) is 0 Å². The van der Waals surface area contributed by atoms with Crippen molar-refractivity contribution in [2.24, 2.45) is 7.05 Å². The SMILES string of the molecule is CCOC(=O)c1cnn(C)c1N1Cc2ccc(C(F)(F)F)cc2C1. The molecule has 24 heavy (non-hydrogen) atoms. The molecule has 2 heterocycles. The van der Waals surface area contributed by atoms with Gasteiger partial charge in [-0.2, -0.15) is 18.3 Å². The molecule has 0 amide bonds. The number of alkyl halides is 3. The number of hydrogen-bond donors (Lipinski definition) is 0. The average Bonchev–Trinajstić information content (AvgIpc) is 3.08. The molecule has 128 valence electrons. The van der Waals surface area contributed by atoms with E-state index in [0.29, 0.717) is 23.5 Å². The zero-order valence-corrected chi connectivity index (χ0v) is 13.2. The van der Waals surface area contributed by atoms with Crippen LogP contribution in [0.3, 0.4) is 0 Å². The van der Waals surface area contributed by atoms with Crippen LogP contribution >= 0.6 is 0 Å². The third-order valence-electron chi connectivity index (χ3n) is 3.96. The first-order valence-corrected chi connectivity index (χ1v) is 7.44. The van der Waals surface area contributed by atoms with Gasteiger partial charge in [-0.05, 0) is 30.2 Å². The molecule has 8 heteroatoms. The maximum Gasteiger partial charge on any atom is 0.416 e. The van der Waals surface area contributed by atoms with Crippen LogP contribution in [0.5, 0.6) is 0 Å². The van der Waals surface area contributed by atoms with Gasteiger partial charge in [-0.3, -0.25) is 4.68 Å². The van der Waals surface area contributed by atoms with Crippen molar-refractivity contribution < 1.29 is 22.7 Å². The first kappa shape index (κ1) is 16.4. The number of esters is 1. The average molecular weight is 339 g/mol. The summed E-state index contributed by atoms with van der Waals surface area (Å²) in [5.74, 6) is 0.0470. The highest BCUT2D eigenvalue weighted by atomic mass is 19.4. The lowest BCUT2D eigenvalue weighted by Gasteiger charge is -2.19. The molecule has 0 N–H and O–H groups in total. The Labute approximate surface area is 136 Å². The second kappa shape index (κ2) is 5.85. The van der Waals surface area contributed by atoms with E-state index in [1.807, 2.05) is 4.90 Å². The fourth-order valence-corrected chi connectivity index (χ4v) is 2.88. The summed E-state index contributed by atoms with van der Waals surface area (Å²) < 4.78 is 45.1. The topological polar surface area (TPSA) is 47.4 Å². The van der Waals surface area contributed by atoms with Gasteiger partial charge >= 0.3 is 12.1 Å². The van der Waals surface area contributed by atoms with Gasteiger partial charge in [0.1, 0.15) is 11.4 Å². The number of hydrogen-bond acceptors (Lipinski definition) is 4. The molecule has 5 nitrogen and oxygen atoms in total. The smallest absolute Gasteiger partial charge is 0.416 e. The second-order valence-electron chi connectivity index (χ2n) is 5.56. The van der Waals surface area contributed by atoms with E-state index in [4.69, 9.17) is 4.74 Å². The van der Waals surface area contributed by atoms with Crippen molar-refractivity contribution >= 4 is 11.8 Å². The van der Waals surface area contributed by atoms with Gasteiger partial charge in [-0.15, -0.1) is 0 Å². The van der Waals surface area contributed by atoms with Gasteiger partial charge in [-0.25, -0.2) is 4.79 Å². The van der Waals surface area contributed by atoms with Crippen LogP contribution in [0.2, 0.25) is 0 Å². The number of rotatable bonds is 3. The summed E-state index contributed by atoms with van der Waals surface area (Å²) in [4.78, 5) is 13.9. The Balaban J connectivity index is 1.91. The summed E-state index contributed by atoms with van der Waals surface area (Å²) in [6, 6.07) is 3.73. The predicted molar refractivity (Wildman–Crippen MR) is 80.5 cm³/mol. The van der Waals surface area contributed by atoms with E-state index in [9.17, 15) is 18.0 Å². The Morgan fingerprint density at radius 3 is 2.67 bits per heavy atom.